The Morgan fingerprint density at radius 2 is 1.32 bits per heavy atom. The molecule has 0 bridgehead atoms. The Labute approximate surface area is 424 Å². The zero-order chi connectivity index (χ0) is 54.6. The number of ether oxygens (including phenoxy) is 8. The molecule has 6 rings (SSSR count). The Bertz CT molecular complexity index is 2240. The fourth-order valence-corrected chi connectivity index (χ4v) is 9.45. The molecule has 4 aliphatic rings. The van der Waals surface area contributed by atoms with Gasteiger partial charge in [-0.15, -0.1) is 0 Å². The van der Waals surface area contributed by atoms with Crippen molar-refractivity contribution < 1.29 is 113 Å². The van der Waals surface area contributed by atoms with Gasteiger partial charge >= 0.3 is 18.0 Å². The van der Waals surface area contributed by atoms with Crippen molar-refractivity contribution in [1.82, 2.24) is 16.0 Å². The number of nitrogens with one attached hydrogen (secondary N) is 3. The van der Waals surface area contributed by atoms with Crippen molar-refractivity contribution >= 4 is 29.8 Å². The molecule has 0 aromatic heterocycles. The molecule has 3 amide bonds. The summed E-state index contributed by atoms with van der Waals surface area (Å²) in [6.45, 7) is 4.89. The summed E-state index contributed by atoms with van der Waals surface area (Å²) >= 11 is 0. The summed E-state index contributed by atoms with van der Waals surface area (Å²) in [6, 6.07) is 10.3. The Kier molecular flexibility index (Phi) is 19.2. The number of alkyl carbamates (subject to hydrolysis) is 1. The SMILES string of the molecule is CC(=O)N[C@H]1[C@@H](O[C@@H](C)C(NC(=O)OCC2c3ccccc3-c3ccccc32)C(=O)OC(C)(C)C)O[C@H](CO)[C@H](O)[C@@H]1O[C@@H]1O[C@H](CO)[C@H](O)[C@H](O[C@]2(C(=O)O)C[C@H](O)[C@@H](NC(C)=O)[C@H]([C@H](O)[C@H](O)CO)O2)[C@H]1O. The Hall–Kier alpha value is -5.01. The van der Waals surface area contributed by atoms with Crippen molar-refractivity contribution in [2.75, 3.05) is 26.4 Å². The molecule has 18 atom stereocenters. The molecule has 0 radical (unpaired) electrons. The third kappa shape index (κ3) is 13.0. The van der Waals surface area contributed by atoms with E-state index in [-0.39, 0.29) is 12.5 Å². The van der Waals surface area contributed by atoms with Crippen molar-refractivity contribution in [3.63, 3.8) is 0 Å². The number of esters is 1. The lowest BCUT2D eigenvalue weighted by Crippen LogP contribution is -2.71. The van der Waals surface area contributed by atoms with Gasteiger partial charge in [-0.05, 0) is 49.9 Å². The first-order valence-corrected chi connectivity index (χ1v) is 23.9. The smallest absolute Gasteiger partial charge is 0.407 e. The number of aliphatic hydroxyl groups excluding tert-OH is 9. The molecule has 26 nitrogen and oxygen atoms in total. The van der Waals surface area contributed by atoms with Crippen LogP contribution in [0.2, 0.25) is 0 Å². The summed E-state index contributed by atoms with van der Waals surface area (Å²) in [4.78, 5) is 65.5. The number of hydrogen-bond donors (Lipinski definition) is 13. The highest BCUT2D eigenvalue weighted by Crippen LogP contribution is 2.45. The molecule has 3 saturated heterocycles. The maximum absolute atomic E-state index is 13.9. The number of carbonyl (C=O) groups excluding carboxylic acids is 4. The molecule has 1 unspecified atom stereocenters. The first kappa shape index (κ1) is 58.3. The fraction of sp³-hybridized carbons (Fsp3) is 0.646. The van der Waals surface area contributed by atoms with Crippen LogP contribution in [0.1, 0.15) is 65.0 Å². The van der Waals surface area contributed by atoms with Crippen LogP contribution in [-0.4, -0.2) is 223 Å². The van der Waals surface area contributed by atoms with Crippen LogP contribution in [0.4, 0.5) is 4.79 Å². The highest BCUT2D eigenvalue weighted by atomic mass is 16.8. The van der Waals surface area contributed by atoms with E-state index < -0.39 is 171 Å². The zero-order valence-corrected chi connectivity index (χ0v) is 41.3. The quantitative estimate of drug-likeness (QED) is 0.0609. The third-order valence-electron chi connectivity index (χ3n) is 12.9. The predicted molar refractivity (Wildman–Crippen MR) is 248 cm³/mol. The molecular weight excluding hydrogens is 987 g/mol. The van der Waals surface area contributed by atoms with Crippen LogP contribution in [0.25, 0.3) is 11.1 Å². The molecular formula is C48H67N3O23. The number of aliphatic hydroxyl groups is 9. The molecule has 13 N–H and O–H groups in total. The van der Waals surface area contributed by atoms with Gasteiger partial charge in [-0.25, -0.2) is 14.4 Å². The standard InChI is InChI=1S/C48H67N3O23/c1-20(32(42(63)74-47(4,5)6)51-46(66)67-19-27-25-13-9-7-11-23(25)24-12-8-10-14-26(24)27)68-43-34(50-22(3)56)39(36(60)30(17-53)69-43)71-44-38(62)41(37(61)31(18-54)70-44)73-48(45(64)65)15-28(57)33(49-21(2)55)40(72-48)35(59)29(58)16-52/h7-14,20,27-41,43-44,52-54,57-62H,15-19H2,1-6H3,(H,49,55)(H,50,56)(H,51,66)(H,64,65)/t20-,28-,29+,30+,31+,32?,33+,34+,35+,36-,37-,38+,39+,40+,41-,43-,44-,48-/m0/s1. The highest BCUT2D eigenvalue weighted by Gasteiger charge is 2.60. The van der Waals surface area contributed by atoms with Crippen molar-refractivity contribution in [3.05, 3.63) is 59.7 Å². The summed E-state index contributed by atoms with van der Waals surface area (Å²) in [5.41, 5.74) is 2.68. The van der Waals surface area contributed by atoms with E-state index in [4.69, 9.17) is 37.9 Å². The lowest BCUT2D eigenvalue weighted by molar-refractivity contribution is -0.382. The van der Waals surface area contributed by atoms with E-state index in [1.807, 2.05) is 48.5 Å². The second-order valence-electron chi connectivity index (χ2n) is 19.5. The van der Waals surface area contributed by atoms with Crippen LogP contribution < -0.4 is 16.0 Å². The number of carboxylic acid groups (broad SMARTS) is 1. The number of fused-ring (bicyclic) bond motifs is 3. The second-order valence-corrected chi connectivity index (χ2v) is 19.5. The van der Waals surface area contributed by atoms with E-state index in [1.165, 1.54) is 6.92 Å². The zero-order valence-electron chi connectivity index (χ0n) is 41.3. The Morgan fingerprint density at radius 1 is 0.784 bits per heavy atom. The Morgan fingerprint density at radius 3 is 1.85 bits per heavy atom. The van der Waals surface area contributed by atoms with Crippen LogP contribution in [0.5, 0.6) is 0 Å². The molecule has 74 heavy (non-hydrogen) atoms. The summed E-state index contributed by atoms with van der Waals surface area (Å²) in [6.07, 6.45) is -29.7. The minimum Gasteiger partial charge on any atom is -0.477 e. The molecule has 1 aliphatic carbocycles. The fourth-order valence-electron chi connectivity index (χ4n) is 9.45. The average molecular weight is 1050 g/mol. The molecule has 3 aliphatic heterocycles. The molecule has 3 fully saturated rings. The topological polar surface area (TPSA) is 398 Å². The number of carbonyl (C=O) groups is 5. The molecule has 3 heterocycles. The van der Waals surface area contributed by atoms with Gasteiger partial charge in [-0.3, -0.25) is 9.59 Å². The molecule has 26 heteroatoms. The van der Waals surface area contributed by atoms with Crippen LogP contribution in [-0.2, 0) is 57.1 Å². The van der Waals surface area contributed by atoms with Crippen molar-refractivity contribution in [1.29, 1.82) is 0 Å². The number of benzene rings is 2. The van der Waals surface area contributed by atoms with Crippen molar-refractivity contribution in [2.45, 2.75) is 169 Å². The summed E-state index contributed by atoms with van der Waals surface area (Å²) in [5, 5.41) is 115. The first-order valence-electron chi connectivity index (χ1n) is 23.9. The van der Waals surface area contributed by atoms with Crippen molar-refractivity contribution in [3.8, 4) is 11.1 Å². The van der Waals surface area contributed by atoms with Gasteiger partial charge in [0.1, 0.15) is 79.3 Å². The van der Waals surface area contributed by atoms with E-state index in [9.17, 15) is 75.0 Å². The maximum atomic E-state index is 13.9. The van der Waals surface area contributed by atoms with Gasteiger partial charge in [0.2, 0.25) is 11.8 Å². The molecule has 2 aromatic rings. The summed E-state index contributed by atoms with van der Waals surface area (Å²) < 4.78 is 46.7. The van der Waals surface area contributed by atoms with Gasteiger partial charge in [0.15, 0.2) is 18.6 Å². The van der Waals surface area contributed by atoms with Crippen LogP contribution in [0, 0.1) is 0 Å². The lowest BCUT2D eigenvalue weighted by atomic mass is 9.88. The Balaban J connectivity index is 1.26. The average Bonchev–Trinajstić information content (AvgIpc) is 3.66. The van der Waals surface area contributed by atoms with Gasteiger partial charge in [0.05, 0.1) is 38.1 Å². The highest BCUT2D eigenvalue weighted by molar-refractivity contribution is 5.83. The molecule has 0 saturated carbocycles. The predicted octanol–water partition coefficient (Wildman–Crippen LogP) is -3.42. The van der Waals surface area contributed by atoms with Gasteiger partial charge < -0.3 is 105 Å². The molecule has 412 valence electrons. The van der Waals surface area contributed by atoms with E-state index in [1.54, 1.807) is 20.8 Å². The van der Waals surface area contributed by atoms with Gasteiger partial charge in [0.25, 0.3) is 5.79 Å². The second kappa shape index (κ2) is 24.3. The largest absolute Gasteiger partial charge is 0.477 e. The number of aliphatic carboxylic acids is 1. The summed E-state index contributed by atoms with van der Waals surface area (Å²) in [7, 11) is 0. The molecule has 0 spiro atoms. The number of amides is 3. The number of rotatable bonds is 19. The minimum atomic E-state index is -3.14. The van der Waals surface area contributed by atoms with Gasteiger partial charge in [0, 0.05) is 26.2 Å². The normalized spacial score (nSPS) is 32.7. The van der Waals surface area contributed by atoms with E-state index in [2.05, 4.69) is 16.0 Å². The molecule has 2 aromatic carbocycles. The number of hydrogen-bond acceptors (Lipinski definition) is 22. The van der Waals surface area contributed by atoms with Crippen LogP contribution in [0.15, 0.2) is 48.5 Å². The van der Waals surface area contributed by atoms with Gasteiger partial charge in [-0.1, -0.05) is 48.5 Å². The maximum Gasteiger partial charge on any atom is 0.407 e. The lowest BCUT2D eigenvalue weighted by Gasteiger charge is -2.51. The van der Waals surface area contributed by atoms with Crippen molar-refractivity contribution in [2.24, 2.45) is 0 Å². The minimum absolute atomic E-state index is 0.138. The first-order chi connectivity index (χ1) is 34.8. The van der Waals surface area contributed by atoms with E-state index >= 15 is 0 Å². The van der Waals surface area contributed by atoms with E-state index in [0.29, 0.717) is 0 Å². The van der Waals surface area contributed by atoms with Crippen LogP contribution in [0.3, 0.4) is 0 Å². The van der Waals surface area contributed by atoms with Crippen LogP contribution >= 0.6 is 0 Å². The number of carboxylic acids is 1. The van der Waals surface area contributed by atoms with E-state index in [0.717, 1.165) is 36.1 Å². The third-order valence-corrected chi connectivity index (χ3v) is 12.9. The summed E-state index contributed by atoms with van der Waals surface area (Å²) in [5.74, 6) is -8.11. The monoisotopic (exact) mass is 1050 g/mol. The van der Waals surface area contributed by atoms with Gasteiger partial charge in [-0.2, -0.15) is 0 Å².